The summed E-state index contributed by atoms with van der Waals surface area (Å²) in [7, 11) is 0. The molecule has 1 saturated heterocycles. The molecule has 4 N–H and O–H groups in total. The number of pyridine rings is 1. The number of ether oxygens (including phenoxy) is 1. The third-order valence-electron chi connectivity index (χ3n) is 5.49. The van der Waals surface area contributed by atoms with Crippen LogP contribution in [0.15, 0.2) is 41.1 Å². The molecule has 1 atom stereocenters. The maximum absolute atomic E-state index is 13.7. The molecular formula is C21H21BrFN7O2. The SMILES string of the molecule is Nc1c(Br)c(CNC(O)N2CCOCC2)nc2c(-c3cnc4ccc(F)cc4c3)cnn12. The fourth-order valence-corrected chi connectivity index (χ4v) is 4.15. The van der Waals surface area contributed by atoms with E-state index in [1.807, 2.05) is 11.0 Å². The van der Waals surface area contributed by atoms with Gasteiger partial charge in [-0.3, -0.25) is 15.2 Å². The average molecular weight is 502 g/mol. The molecule has 0 saturated carbocycles. The van der Waals surface area contributed by atoms with Gasteiger partial charge >= 0.3 is 0 Å². The van der Waals surface area contributed by atoms with E-state index in [0.29, 0.717) is 58.8 Å². The number of halogens is 2. The van der Waals surface area contributed by atoms with Gasteiger partial charge in [0.2, 0.25) is 0 Å². The molecule has 0 spiro atoms. The minimum atomic E-state index is -0.825. The number of aliphatic hydroxyl groups excluding tert-OH is 1. The fraction of sp³-hybridized carbons (Fsp3) is 0.286. The Morgan fingerprint density at radius 2 is 2.06 bits per heavy atom. The van der Waals surface area contributed by atoms with Crippen LogP contribution < -0.4 is 11.1 Å². The van der Waals surface area contributed by atoms with Gasteiger partial charge in [0.05, 0.1) is 35.1 Å². The largest absolute Gasteiger partial charge is 0.383 e. The second kappa shape index (κ2) is 8.68. The summed E-state index contributed by atoms with van der Waals surface area (Å²) in [5.41, 5.74) is 9.64. The zero-order valence-corrected chi connectivity index (χ0v) is 18.6. The lowest BCUT2D eigenvalue weighted by atomic mass is 10.1. The van der Waals surface area contributed by atoms with E-state index >= 15 is 0 Å². The van der Waals surface area contributed by atoms with Crippen LogP contribution in [0.5, 0.6) is 0 Å². The first kappa shape index (κ1) is 21.2. The molecule has 32 heavy (non-hydrogen) atoms. The van der Waals surface area contributed by atoms with E-state index in [1.54, 1.807) is 18.5 Å². The number of nitrogen functional groups attached to an aromatic ring is 1. The molecular weight excluding hydrogens is 481 g/mol. The third kappa shape index (κ3) is 3.93. The molecule has 1 aliphatic rings. The summed E-state index contributed by atoms with van der Waals surface area (Å²) in [5, 5.41) is 18.6. The third-order valence-corrected chi connectivity index (χ3v) is 6.35. The van der Waals surface area contributed by atoms with Gasteiger partial charge in [0, 0.05) is 42.3 Å². The molecule has 11 heteroatoms. The minimum Gasteiger partial charge on any atom is -0.383 e. The van der Waals surface area contributed by atoms with Gasteiger partial charge in [-0.1, -0.05) is 0 Å². The first-order valence-electron chi connectivity index (χ1n) is 10.1. The van der Waals surface area contributed by atoms with Crippen molar-refractivity contribution in [1.29, 1.82) is 0 Å². The van der Waals surface area contributed by atoms with Crippen LogP contribution in [0.3, 0.4) is 0 Å². The lowest BCUT2D eigenvalue weighted by molar-refractivity contribution is -0.0751. The highest BCUT2D eigenvalue weighted by Gasteiger charge is 2.20. The molecule has 9 nitrogen and oxygen atoms in total. The van der Waals surface area contributed by atoms with Crippen LogP contribution in [0.1, 0.15) is 5.69 Å². The van der Waals surface area contributed by atoms with Crippen molar-refractivity contribution in [2.45, 2.75) is 12.9 Å². The number of morpholine rings is 1. The van der Waals surface area contributed by atoms with Gasteiger partial charge in [-0.05, 0) is 40.2 Å². The van der Waals surface area contributed by atoms with Crippen molar-refractivity contribution in [2.24, 2.45) is 0 Å². The van der Waals surface area contributed by atoms with Gasteiger partial charge < -0.3 is 15.6 Å². The van der Waals surface area contributed by atoms with Crippen LogP contribution in [0.2, 0.25) is 0 Å². The quantitative estimate of drug-likeness (QED) is 0.356. The first-order valence-corrected chi connectivity index (χ1v) is 10.9. The highest BCUT2D eigenvalue weighted by atomic mass is 79.9. The van der Waals surface area contributed by atoms with E-state index in [0.717, 1.165) is 11.1 Å². The number of hydrogen-bond donors (Lipinski definition) is 3. The van der Waals surface area contributed by atoms with E-state index in [-0.39, 0.29) is 12.4 Å². The molecule has 1 unspecified atom stereocenters. The maximum atomic E-state index is 13.7. The number of benzene rings is 1. The molecule has 0 bridgehead atoms. The molecule has 3 aromatic heterocycles. The summed E-state index contributed by atoms with van der Waals surface area (Å²) >= 11 is 3.50. The summed E-state index contributed by atoms with van der Waals surface area (Å²) in [6.45, 7) is 2.75. The molecule has 4 aromatic rings. The van der Waals surface area contributed by atoms with Gasteiger partial charge in [0.15, 0.2) is 12.0 Å². The van der Waals surface area contributed by atoms with Crippen molar-refractivity contribution in [1.82, 2.24) is 29.8 Å². The van der Waals surface area contributed by atoms with Gasteiger partial charge in [0.1, 0.15) is 11.6 Å². The summed E-state index contributed by atoms with van der Waals surface area (Å²) in [6.07, 6.45) is 2.54. The van der Waals surface area contributed by atoms with Gasteiger partial charge in [-0.15, -0.1) is 0 Å². The first-order chi connectivity index (χ1) is 15.5. The monoisotopic (exact) mass is 501 g/mol. The molecule has 0 amide bonds. The predicted molar refractivity (Wildman–Crippen MR) is 121 cm³/mol. The Kier molecular flexibility index (Phi) is 5.74. The van der Waals surface area contributed by atoms with E-state index in [4.69, 9.17) is 15.5 Å². The number of nitrogens with one attached hydrogen (secondary N) is 1. The molecule has 4 heterocycles. The van der Waals surface area contributed by atoms with E-state index in [2.05, 4.69) is 31.3 Å². The van der Waals surface area contributed by atoms with Crippen LogP contribution >= 0.6 is 15.9 Å². The Bertz CT molecular complexity index is 1290. The normalized spacial score (nSPS) is 16.1. The molecule has 1 fully saturated rings. The number of nitrogens with two attached hydrogens (primary N) is 1. The number of hydrogen-bond acceptors (Lipinski definition) is 8. The summed E-state index contributed by atoms with van der Waals surface area (Å²) < 4.78 is 21.1. The van der Waals surface area contributed by atoms with Crippen LogP contribution in [-0.2, 0) is 11.3 Å². The Labute approximate surface area is 191 Å². The molecule has 1 aliphatic heterocycles. The van der Waals surface area contributed by atoms with Crippen LogP contribution in [-0.4, -0.2) is 62.2 Å². The van der Waals surface area contributed by atoms with Crippen LogP contribution in [0.25, 0.3) is 27.7 Å². The second-order valence-electron chi connectivity index (χ2n) is 7.52. The summed E-state index contributed by atoms with van der Waals surface area (Å²) in [4.78, 5) is 11.1. The van der Waals surface area contributed by atoms with Crippen molar-refractivity contribution in [3.05, 3.63) is 52.6 Å². The van der Waals surface area contributed by atoms with Crippen LogP contribution in [0, 0.1) is 5.82 Å². The van der Waals surface area contributed by atoms with Crippen molar-refractivity contribution in [3.63, 3.8) is 0 Å². The predicted octanol–water partition coefficient (Wildman–Crippen LogP) is 2.13. The summed E-state index contributed by atoms with van der Waals surface area (Å²) in [6, 6.07) is 6.32. The standard InChI is InChI=1S/C21H21BrFN7O2/c22-18-17(11-26-21(31)29-3-5-32-6-4-29)28-20-15(10-27-30(20)19(18)24)13-7-12-8-14(23)1-2-16(12)25-9-13/h1-2,7-10,21,26,31H,3-6,11,24H2. The van der Waals surface area contributed by atoms with E-state index in [9.17, 15) is 9.50 Å². The van der Waals surface area contributed by atoms with Crippen LogP contribution in [0.4, 0.5) is 10.2 Å². The molecule has 0 radical (unpaired) electrons. The highest BCUT2D eigenvalue weighted by molar-refractivity contribution is 9.10. The van der Waals surface area contributed by atoms with Crippen molar-refractivity contribution < 1.29 is 14.2 Å². The zero-order chi connectivity index (χ0) is 22.2. The smallest absolute Gasteiger partial charge is 0.165 e. The second-order valence-corrected chi connectivity index (χ2v) is 8.31. The fourth-order valence-electron chi connectivity index (χ4n) is 3.75. The van der Waals surface area contributed by atoms with Gasteiger partial charge in [0.25, 0.3) is 0 Å². The lowest BCUT2D eigenvalue weighted by Crippen LogP contribution is -2.50. The van der Waals surface area contributed by atoms with E-state index in [1.165, 1.54) is 16.6 Å². The number of anilines is 1. The Hall–Kier alpha value is -2.70. The number of fused-ring (bicyclic) bond motifs is 2. The number of rotatable bonds is 5. The maximum Gasteiger partial charge on any atom is 0.165 e. The number of aliphatic hydroxyl groups is 1. The molecule has 1 aromatic carbocycles. The van der Waals surface area contributed by atoms with Crippen molar-refractivity contribution in [3.8, 4) is 11.1 Å². The average Bonchev–Trinajstić information content (AvgIpc) is 3.24. The zero-order valence-electron chi connectivity index (χ0n) is 17.0. The Morgan fingerprint density at radius 1 is 1.25 bits per heavy atom. The molecule has 5 rings (SSSR count). The number of nitrogens with zero attached hydrogens (tertiary/aromatic N) is 5. The minimum absolute atomic E-state index is 0.283. The van der Waals surface area contributed by atoms with E-state index < -0.39 is 6.35 Å². The lowest BCUT2D eigenvalue weighted by Gasteiger charge is -2.31. The summed E-state index contributed by atoms with van der Waals surface area (Å²) in [5.74, 6) is 0.0634. The topological polar surface area (TPSA) is 114 Å². The molecule has 166 valence electrons. The number of aromatic nitrogens is 4. The van der Waals surface area contributed by atoms with Gasteiger partial charge in [-0.2, -0.15) is 9.61 Å². The Balaban J connectivity index is 1.48. The van der Waals surface area contributed by atoms with Crippen molar-refractivity contribution in [2.75, 3.05) is 32.0 Å². The molecule has 0 aliphatic carbocycles. The Morgan fingerprint density at radius 3 is 2.88 bits per heavy atom. The van der Waals surface area contributed by atoms with Gasteiger partial charge in [-0.25, -0.2) is 9.37 Å². The van der Waals surface area contributed by atoms with Crippen molar-refractivity contribution >= 4 is 38.3 Å². The highest BCUT2D eigenvalue weighted by Crippen LogP contribution is 2.31.